The SMILES string of the molecule is NC(O)=Nc1cc(Nc2nc(Cl)nc(Nc3ccc(S(=O)(=O)CCOS(=O)(=O)O)cc3)n2)ccc1N=Nc1cc2c(S(=O)(=O)O)cc(SOOO)cc2cc1S(=O)(=O)O. The van der Waals surface area contributed by atoms with E-state index in [9.17, 15) is 47.9 Å². The van der Waals surface area contributed by atoms with Crippen molar-refractivity contribution in [2.24, 2.45) is 21.0 Å². The maximum atomic E-state index is 12.5. The summed E-state index contributed by atoms with van der Waals surface area (Å²) in [7, 11) is -18.9. The van der Waals surface area contributed by atoms with Crippen LogP contribution in [0.4, 0.5) is 40.3 Å². The van der Waals surface area contributed by atoms with Crippen LogP contribution in [0.3, 0.4) is 0 Å². The molecule has 1 aromatic heterocycles. The Morgan fingerprint density at radius 3 is 1.97 bits per heavy atom. The maximum absolute atomic E-state index is 12.5. The van der Waals surface area contributed by atoms with Crippen LogP contribution < -0.4 is 16.4 Å². The molecule has 0 radical (unpaired) electrons. The summed E-state index contributed by atoms with van der Waals surface area (Å²) in [6.07, 6.45) is 0. The van der Waals surface area contributed by atoms with Crippen LogP contribution in [0.25, 0.3) is 10.8 Å². The molecule has 59 heavy (non-hydrogen) atoms. The summed E-state index contributed by atoms with van der Waals surface area (Å²) in [5.74, 6) is -1.04. The number of halogens is 1. The number of rotatable bonds is 17. The molecule has 314 valence electrons. The van der Waals surface area contributed by atoms with Gasteiger partial charge in [0.25, 0.3) is 26.3 Å². The molecule has 0 unspecified atom stereocenters. The molecular weight excluding hydrogens is 914 g/mol. The molecule has 0 aliphatic rings. The first-order chi connectivity index (χ1) is 27.5. The maximum Gasteiger partial charge on any atom is 0.397 e. The highest BCUT2D eigenvalue weighted by molar-refractivity contribution is 7.94. The standard InChI is InChI=1S/C28H24ClN9O16S5/c29-25-34-27(31-15-1-4-18(5-2-15)56(41,42)8-7-52-59(49,50)51)36-28(35-25)32-16-3-6-20(21(11-16)33-26(30)39)37-38-22-13-19-14(10-24(22)58(46,47)48)9-17(55-54-53-40)12-23(19)57(43,44)45/h1-6,9-13,40H,7-8H2,(H3,30,33,39)(H,43,44,45)(H,46,47,48)(H,49,50,51)(H2,31,32,34,35,36). The zero-order valence-electron chi connectivity index (χ0n) is 28.7. The van der Waals surface area contributed by atoms with Gasteiger partial charge in [-0.25, -0.2) is 17.9 Å². The highest BCUT2D eigenvalue weighted by atomic mass is 35.5. The highest BCUT2D eigenvalue weighted by Gasteiger charge is 2.23. The first kappa shape index (κ1) is 44.9. The lowest BCUT2D eigenvalue weighted by atomic mass is 10.1. The van der Waals surface area contributed by atoms with E-state index in [0.717, 1.165) is 18.2 Å². The van der Waals surface area contributed by atoms with E-state index in [1.807, 2.05) is 0 Å². The smallest absolute Gasteiger partial charge is 0.397 e. The Hall–Kier alpha value is -5.22. The average molecular weight is 938 g/mol. The monoisotopic (exact) mass is 937 g/mol. The van der Waals surface area contributed by atoms with Gasteiger partial charge in [0.05, 0.1) is 35.0 Å². The molecule has 5 aromatic rings. The molecule has 31 heteroatoms. The van der Waals surface area contributed by atoms with Gasteiger partial charge in [0.15, 0.2) is 9.84 Å². The van der Waals surface area contributed by atoms with Crippen LogP contribution in [0.1, 0.15) is 0 Å². The van der Waals surface area contributed by atoms with E-state index < -0.39 is 74.3 Å². The Bertz CT molecular complexity index is 2940. The summed E-state index contributed by atoms with van der Waals surface area (Å²) in [5, 5.41) is 34.4. The number of azo groups is 1. The van der Waals surface area contributed by atoms with E-state index in [0.29, 0.717) is 12.0 Å². The lowest BCUT2D eigenvalue weighted by molar-refractivity contribution is -0.432. The Morgan fingerprint density at radius 2 is 1.37 bits per heavy atom. The van der Waals surface area contributed by atoms with Gasteiger partial charge in [-0.1, -0.05) is 5.04 Å². The number of fused-ring (bicyclic) bond motifs is 1. The van der Waals surface area contributed by atoms with Crippen molar-refractivity contribution in [3.8, 4) is 0 Å². The molecule has 0 amide bonds. The van der Waals surface area contributed by atoms with Crippen molar-refractivity contribution in [3.63, 3.8) is 0 Å². The number of anilines is 4. The van der Waals surface area contributed by atoms with Gasteiger partial charge in [-0.3, -0.25) is 13.7 Å². The fraction of sp³-hybridized carbons (Fsp3) is 0.0714. The minimum atomic E-state index is -5.07. The number of nitrogens with one attached hydrogen (secondary N) is 2. The summed E-state index contributed by atoms with van der Waals surface area (Å²) in [5.41, 5.74) is 4.84. The van der Waals surface area contributed by atoms with Crippen molar-refractivity contribution in [1.82, 2.24) is 15.0 Å². The average Bonchev–Trinajstić information content (AvgIpc) is 3.11. The van der Waals surface area contributed by atoms with Crippen molar-refractivity contribution < 1.29 is 71.2 Å². The molecule has 0 aliphatic heterocycles. The van der Waals surface area contributed by atoms with Gasteiger partial charge in [-0.2, -0.15) is 45.2 Å². The summed E-state index contributed by atoms with van der Waals surface area (Å²) < 4.78 is 132. The molecule has 4 aromatic carbocycles. The first-order valence-electron chi connectivity index (χ1n) is 15.2. The van der Waals surface area contributed by atoms with Gasteiger partial charge in [0.2, 0.25) is 17.2 Å². The van der Waals surface area contributed by atoms with Crippen LogP contribution in [0.5, 0.6) is 0 Å². The van der Waals surface area contributed by atoms with Crippen LogP contribution in [-0.4, -0.2) is 91.0 Å². The largest absolute Gasteiger partial charge is 0.481 e. The zero-order chi connectivity index (χ0) is 43.3. The zero-order valence-corrected chi connectivity index (χ0v) is 33.5. The normalized spacial score (nSPS) is 12.9. The number of hydrogen-bond acceptors (Lipinski definition) is 21. The number of aliphatic hydroxyl groups is 1. The fourth-order valence-corrected chi connectivity index (χ4v) is 8.30. The van der Waals surface area contributed by atoms with Crippen LogP contribution in [-0.2, 0) is 54.0 Å². The predicted octanol–water partition coefficient (Wildman–Crippen LogP) is 4.60. The van der Waals surface area contributed by atoms with Crippen LogP contribution in [0.15, 0.2) is 102 Å². The van der Waals surface area contributed by atoms with Crippen molar-refractivity contribution in [3.05, 3.63) is 72.0 Å². The number of aliphatic hydroxyl groups excluding tert-OH is 1. The van der Waals surface area contributed by atoms with Gasteiger partial charge in [0.1, 0.15) is 21.2 Å². The molecule has 0 bridgehead atoms. The van der Waals surface area contributed by atoms with Gasteiger partial charge < -0.3 is 21.5 Å². The second-order valence-corrected chi connectivity index (χ2v) is 18.2. The van der Waals surface area contributed by atoms with Crippen LogP contribution >= 0.6 is 23.6 Å². The van der Waals surface area contributed by atoms with Crippen LogP contribution in [0.2, 0.25) is 5.28 Å². The molecule has 5 rings (SSSR count). The number of nitrogens with two attached hydrogens (primary N) is 1. The number of nitrogens with zero attached hydrogens (tertiary/aromatic N) is 6. The summed E-state index contributed by atoms with van der Waals surface area (Å²) in [6.45, 7) is -0.817. The van der Waals surface area contributed by atoms with Gasteiger partial charge in [-0.05, 0) is 83.7 Å². The second kappa shape index (κ2) is 18.0. The molecule has 9 N–H and O–H groups in total. The molecule has 0 saturated heterocycles. The Balaban J connectivity index is 1.43. The molecular formula is C28H24ClN9O16S5. The summed E-state index contributed by atoms with van der Waals surface area (Å²) in [4.78, 5) is 14.0. The number of amidine groups is 1. The minimum absolute atomic E-state index is 0.0899. The number of benzene rings is 4. The van der Waals surface area contributed by atoms with Gasteiger partial charge in [-0.15, -0.1) is 14.6 Å². The van der Waals surface area contributed by atoms with Gasteiger partial charge >= 0.3 is 10.4 Å². The van der Waals surface area contributed by atoms with E-state index in [1.54, 1.807) is 0 Å². The molecule has 0 atom stereocenters. The summed E-state index contributed by atoms with van der Waals surface area (Å²) >= 11 is 6.39. The van der Waals surface area contributed by atoms with Crippen molar-refractivity contribution in [2.75, 3.05) is 23.0 Å². The minimum Gasteiger partial charge on any atom is -0.481 e. The van der Waals surface area contributed by atoms with Crippen molar-refractivity contribution in [1.29, 1.82) is 0 Å². The van der Waals surface area contributed by atoms with E-state index in [-0.39, 0.29) is 60.5 Å². The third-order valence-electron chi connectivity index (χ3n) is 7.08. The van der Waals surface area contributed by atoms with Crippen LogP contribution in [0, 0.1) is 0 Å². The fourth-order valence-electron chi connectivity index (χ4n) is 4.76. The Morgan fingerprint density at radius 1 is 0.763 bits per heavy atom. The summed E-state index contributed by atoms with van der Waals surface area (Å²) in [6, 6.07) is 11.8. The predicted molar refractivity (Wildman–Crippen MR) is 206 cm³/mol. The number of sulfone groups is 1. The molecule has 0 saturated carbocycles. The quantitative estimate of drug-likeness (QED) is 0.0120. The first-order valence-corrected chi connectivity index (χ1v) is 22.2. The molecule has 0 aliphatic carbocycles. The number of aliphatic imine (C=N–C) groups is 1. The van der Waals surface area contributed by atoms with E-state index in [2.05, 4.69) is 54.4 Å². The topological polar surface area (TPSA) is 391 Å². The third-order valence-corrected chi connectivity index (χ3v) is 11.7. The second-order valence-electron chi connectivity index (χ2n) is 11.1. The number of aromatic nitrogens is 3. The van der Waals surface area contributed by atoms with E-state index in [1.165, 1.54) is 48.5 Å². The molecule has 0 fully saturated rings. The molecule has 1 heterocycles. The lowest BCUT2D eigenvalue weighted by Gasteiger charge is -2.11. The highest BCUT2D eigenvalue weighted by Crippen LogP contribution is 2.39. The number of hydrogen-bond donors (Lipinski definition) is 8. The molecule has 0 spiro atoms. The van der Waals surface area contributed by atoms with Crippen molar-refractivity contribution in [2.45, 2.75) is 19.6 Å². The van der Waals surface area contributed by atoms with Gasteiger partial charge in [0, 0.05) is 21.7 Å². The lowest BCUT2D eigenvalue weighted by Crippen LogP contribution is -2.15. The van der Waals surface area contributed by atoms with Crippen molar-refractivity contribution >= 4 is 121 Å². The Kier molecular flexibility index (Phi) is 13.7. The Labute approximate surface area is 341 Å². The van der Waals surface area contributed by atoms with E-state index >= 15 is 0 Å². The van der Waals surface area contributed by atoms with E-state index in [4.69, 9.17) is 27.1 Å². The molecule has 25 nitrogen and oxygen atoms in total. The third kappa shape index (κ3) is 12.4.